The molecule has 0 heterocycles. The molecule has 3 heteroatoms. The molecule has 0 aliphatic heterocycles. The van der Waals surface area contributed by atoms with Gasteiger partial charge in [0.2, 0.25) is 0 Å². The molecule has 0 aliphatic rings. The summed E-state index contributed by atoms with van der Waals surface area (Å²) >= 11 is 0. The second-order valence-corrected chi connectivity index (χ2v) is 4.45. The smallest absolute Gasteiger partial charge is 0.115 e. The van der Waals surface area contributed by atoms with Crippen molar-refractivity contribution in [1.82, 2.24) is 0 Å². The van der Waals surface area contributed by atoms with Crippen LogP contribution in [0.1, 0.15) is 11.1 Å². The Morgan fingerprint density at radius 2 is 1.00 bits per heavy atom. The molecule has 2 aromatic carbocycles. The molecule has 2 aromatic rings. The van der Waals surface area contributed by atoms with Crippen LogP contribution in [0.5, 0.6) is 11.5 Å². The van der Waals surface area contributed by atoms with Gasteiger partial charge in [-0.3, -0.25) is 0 Å². The van der Waals surface area contributed by atoms with Gasteiger partial charge in [-0.2, -0.15) is 0 Å². The molecule has 2 rings (SSSR count). The number of hydrogen-bond donors (Lipinski definition) is 2. The number of aromatic hydroxyl groups is 2. The molecule has 0 spiro atoms. The van der Waals surface area contributed by atoms with Crippen molar-refractivity contribution in [1.29, 1.82) is 0 Å². The van der Waals surface area contributed by atoms with Crippen LogP contribution in [-0.4, -0.2) is 23.4 Å². The van der Waals surface area contributed by atoms with Gasteiger partial charge in [0, 0.05) is 0 Å². The molecule has 0 amide bonds. The molecule has 100 valence electrons. The molecule has 0 fully saturated rings. The van der Waals surface area contributed by atoms with Crippen LogP contribution in [0.25, 0.3) is 0 Å². The van der Waals surface area contributed by atoms with Crippen LogP contribution in [0.15, 0.2) is 48.5 Å². The van der Waals surface area contributed by atoms with Gasteiger partial charge in [-0.15, -0.1) is 0 Å². The minimum atomic E-state index is 0.289. The van der Waals surface area contributed by atoms with Crippen molar-refractivity contribution >= 4 is 0 Å². The highest BCUT2D eigenvalue weighted by Gasteiger charge is 1.96. The van der Waals surface area contributed by atoms with Crippen LogP contribution >= 0.6 is 0 Å². The summed E-state index contributed by atoms with van der Waals surface area (Å²) in [6.45, 7) is 1.34. The van der Waals surface area contributed by atoms with Gasteiger partial charge in [-0.1, -0.05) is 24.3 Å². The third-order valence-corrected chi connectivity index (χ3v) is 2.94. The molecular formula is C16H18O3. The van der Waals surface area contributed by atoms with E-state index in [1.807, 2.05) is 24.3 Å². The molecule has 0 unspecified atom stereocenters. The van der Waals surface area contributed by atoms with E-state index in [4.69, 9.17) is 14.9 Å². The fourth-order valence-electron chi connectivity index (χ4n) is 1.81. The van der Waals surface area contributed by atoms with Gasteiger partial charge in [0.15, 0.2) is 0 Å². The molecule has 19 heavy (non-hydrogen) atoms. The van der Waals surface area contributed by atoms with Crippen molar-refractivity contribution in [3.63, 3.8) is 0 Å². The lowest BCUT2D eigenvalue weighted by Gasteiger charge is -2.05. The lowest BCUT2D eigenvalue weighted by Crippen LogP contribution is -2.02. The first kappa shape index (κ1) is 13.4. The normalized spacial score (nSPS) is 10.5. The summed E-state index contributed by atoms with van der Waals surface area (Å²) in [4.78, 5) is 0. The maximum absolute atomic E-state index is 9.16. The van der Waals surface area contributed by atoms with Crippen molar-refractivity contribution in [2.45, 2.75) is 12.8 Å². The van der Waals surface area contributed by atoms with Crippen molar-refractivity contribution in [3.05, 3.63) is 59.7 Å². The van der Waals surface area contributed by atoms with E-state index in [-0.39, 0.29) is 11.5 Å². The summed E-state index contributed by atoms with van der Waals surface area (Å²) < 4.78 is 5.58. The largest absolute Gasteiger partial charge is 0.508 e. The second kappa shape index (κ2) is 6.81. The van der Waals surface area contributed by atoms with E-state index in [2.05, 4.69) is 0 Å². The molecule has 0 atom stereocenters. The van der Waals surface area contributed by atoms with Crippen molar-refractivity contribution in [2.75, 3.05) is 13.2 Å². The fraction of sp³-hybridized carbons (Fsp3) is 0.250. The van der Waals surface area contributed by atoms with Gasteiger partial charge in [0.25, 0.3) is 0 Å². The molecule has 0 aliphatic carbocycles. The third-order valence-electron chi connectivity index (χ3n) is 2.94. The van der Waals surface area contributed by atoms with E-state index in [1.165, 1.54) is 0 Å². The fourth-order valence-corrected chi connectivity index (χ4v) is 1.81. The summed E-state index contributed by atoms with van der Waals surface area (Å²) in [7, 11) is 0. The number of ether oxygens (including phenoxy) is 1. The van der Waals surface area contributed by atoms with Gasteiger partial charge < -0.3 is 14.9 Å². The SMILES string of the molecule is Oc1ccc(CCOCCc2ccc(O)cc2)cc1. The van der Waals surface area contributed by atoms with E-state index in [9.17, 15) is 0 Å². The van der Waals surface area contributed by atoms with Gasteiger partial charge in [0.1, 0.15) is 11.5 Å². The number of hydrogen-bond acceptors (Lipinski definition) is 3. The lowest BCUT2D eigenvalue weighted by atomic mass is 10.1. The average Bonchev–Trinajstić information content (AvgIpc) is 2.43. The lowest BCUT2D eigenvalue weighted by molar-refractivity contribution is 0.140. The maximum Gasteiger partial charge on any atom is 0.115 e. The van der Waals surface area contributed by atoms with Crippen LogP contribution in [-0.2, 0) is 17.6 Å². The van der Waals surface area contributed by atoms with E-state index in [0.717, 1.165) is 24.0 Å². The van der Waals surface area contributed by atoms with E-state index in [1.54, 1.807) is 24.3 Å². The van der Waals surface area contributed by atoms with E-state index in [0.29, 0.717) is 13.2 Å². The zero-order valence-electron chi connectivity index (χ0n) is 10.7. The Balaban J connectivity index is 1.64. The first-order valence-electron chi connectivity index (χ1n) is 6.37. The van der Waals surface area contributed by atoms with Gasteiger partial charge in [-0.25, -0.2) is 0 Å². The standard InChI is InChI=1S/C16H18O3/c17-15-5-1-13(2-6-15)9-11-19-12-10-14-3-7-16(18)8-4-14/h1-8,17-18H,9-12H2. The minimum Gasteiger partial charge on any atom is -0.508 e. The minimum absolute atomic E-state index is 0.289. The van der Waals surface area contributed by atoms with Crippen molar-refractivity contribution < 1.29 is 14.9 Å². The molecule has 3 nitrogen and oxygen atoms in total. The van der Waals surface area contributed by atoms with Crippen LogP contribution in [0.2, 0.25) is 0 Å². The van der Waals surface area contributed by atoms with Crippen molar-refractivity contribution in [3.8, 4) is 11.5 Å². The number of benzene rings is 2. The average molecular weight is 258 g/mol. The highest BCUT2D eigenvalue weighted by atomic mass is 16.5. The molecule has 0 aromatic heterocycles. The maximum atomic E-state index is 9.16. The molecule has 0 radical (unpaired) electrons. The molecule has 2 N–H and O–H groups in total. The van der Waals surface area contributed by atoms with E-state index < -0.39 is 0 Å². The number of phenols is 2. The summed E-state index contributed by atoms with van der Waals surface area (Å²) in [6.07, 6.45) is 1.69. The summed E-state index contributed by atoms with van der Waals surface area (Å²) in [5, 5.41) is 18.3. The summed E-state index contributed by atoms with van der Waals surface area (Å²) in [5.74, 6) is 0.578. The molecular weight excluding hydrogens is 240 g/mol. The Hall–Kier alpha value is -2.00. The topological polar surface area (TPSA) is 49.7 Å². The van der Waals surface area contributed by atoms with Crippen LogP contribution in [0.4, 0.5) is 0 Å². The van der Waals surface area contributed by atoms with Crippen LogP contribution < -0.4 is 0 Å². The highest BCUT2D eigenvalue weighted by molar-refractivity contribution is 5.26. The predicted octanol–water partition coefficient (Wildman–Crippen LogP) is 2.90. The zero-order valence-corrected chi connectivity index (χ0v) is 10.7. The van der Waals surface area contributed by atoms with Gasteiger partial charge in [-0.05, 0) is 48.2 Å². The van der Waals surface area contributed by atoms with E-state index >= 15 is 0 Å². The molecule has 0 saturated heterocycles. The molecule has 0 bridgehead atoms. The Labute approximate surface area is 113 Å². The Morgan fingerprint density at radius 3 is 1.37 bits per heavy atom. The Kier molecular flexibility index (Phi) is 4.81. The summed E-state index contributed by atoms with van der Waals surface area (Å²) in [6, 6.07) is 14.4. The number of rotatable bonds is 6. The molecule has 0 saturated carbocycles. The Morgan fingerprint density at radius 1 is 0.632 bits per heavy atom. The predicted molar refractivity (Wildman–Crippen MR) is 74.4 cm³/mol. The number of phenolic OH excluding ortho intramolecular Hbond substituents is 2. The quantitative estimate of drug-likeness (QED) is 0.783. The zero-order chi connectivity index (χ0) is 13.5. The third kappa shape index (κ3) is 4.64. The van der Waals surface area contributed by atoms with Crippen LogP contribution in [0, 0.1) is 0 Å². The van der Waals surface area contributed by atoms with Gasteiger partial charge >= 0.3 is 0 Å². The second-order valence-electron chi connectivity index (χ2n) is 4.45. The summed E-state index contributed by atoms with van der Waals surface area (Å²) in [5.41, 5.74) is 2.31. The first-order valence-corrected chi connectivity index (χ1v) is 6.37. The van der Waals surface area contributed by atoms with Crippen molar-refractivity contribution in [2.24, 2.45) is 0 Å². The monoisotopic (exact) mass is 258 g/mol. The van der Waals surface area contributed by atoms with Crippen LogP contribution in [0.3, 0.4) is 0 Å². The first-order chi connectivity index (χ1) is 9.24. The Bertz CT molecular complexity index is 441. The van der Waals surface area contributed by atoms with Gasteiger partial charge in [0.05, 0.1) is 13.2 Å². The highest BCUT2D eigenvalue weighted by Crippen LogP contribution is 2.11.